The summed E-state index contributed by atoms with van der Waals surface area (Å²) in [5, 5.41) is 0. The maximum Gasteiger partial charge on any atom is 0.389 e. The summed E-state index contributed by atoms with van der Waals surface area (Å²) in [4.78, 5) is 57.3. The number of thioether (sulfide) groups is 2. The summed E-state index contributed by atoms with van der Waals surface area (Å²) in [6.07, 6.45) is 9.56. The molecule has 0 aromatic heterocycles. The normalized spacial score (nSPS) is 11.3. The van der Waals surface area contributed by atoms with Gasteiger partial charge in [-0.3, -0.25) is 0 Å². The minimum absolute atomic E-state index is 0.294. The Bertz CT molecular complexity index is 3680. The molecule has 89 heavy (non-hydrogen) atoms. The van der Waals surface area contributed by atoms with Crippen LogP contribution in [0.2, 0.25) is 0 Å². The summed E-state index contributed by atoms with van der Waals surface area (Å²) >= 11 is 15.2. The number of esters is 4. The zero-order chi connectivity index (χ0) is 64.3. The van der Waals surface area contributed by atoms with Gasteiger partial charge in [0.25, 0.3) is 0 Å². The van der Waals surface area contributed by atoms with Gasteiger partial charge in [0.15, 0.2) is 0 Å². The molecule has 0 unspecified atom stereocenters. The number of rotatable bonds is 17. The monoisotopic (exact) mass is 1290 g/mol. The van der Waals surface area contributed by atoms with E-state index in [9.17, 15) is 19.2 Å². The summed E-state index contributed by atoms with van der Waals surface area (Å²) in [6, 6.07) is 62.8. The van der Waals surface area contributed by atoms with E-state index in [1.165, 1.54) is 62.8 Å². The number of benzene rings is 8. The van der Waals surface area contributed by atoms with Gasteiger partial charge in [0.1, 0.15) is 23.0 Å². The van der Waals surface area contributed by atoms with E-state index in [4.69, 9.17) is 18.9 Å². The fraction of sp³-hybridized carbons (Fsp3) is 0.200. The van der Waals surface area contributed by atoms with Gasteiger partial charge >= 0.3 is 23.9 Å². The van der Waals surface area contributed by atoms with Crippen molar-refractivity contribution in [3.63, 3.8) is 0 Å². The number of ether oxygens (including phenoxy) is 4. The van der Waals surface area contributed by atoms with Crippen molar-refractivity contribution in [3.05, 3.63) is 239 Å². The molecule has 0 atom stereocenters. The summed E-state index contributed by atoms with van der Waals surface area (Å²) < 4.78 is 21.2. The van der Waals surface area contributed by atoms with Crippen LogP contribution >= 0.6 is 72.3 Å². The molecule has 0 spiro atoms. The predicted molar refractivity (Wildman–Crippen MR) is 373 cm³/mol. The Kier molecular flexibility index (Phi) is 28.1. The topological polar surface area (TPSA) is 105 Å². The number of thiol groups is 2. The molecule has 9 rings (SSSR count). The molecule has 0 heterocycles. The Morgan fingerprint density at radius 2 is 0.685 bits per heavy atom. The van der Waals surface area contributed by atoms with E-state index >= 15 is 0 Å². The molecular formula is C75H72O8S6. The fourth-order valence-electron chi connectivity index (χ4n) is 7.99. The Balaban J connectivity index is 0.000000235. The fourth-order valence-corrected chi connectivity index (χ4v) is 11.1. The smallest absolute Gasteiger partial charge is 0.389 e. The van der Waals surface area contributed by atoms with Crippen molar-refractivity contribution in [2.45, 2.75) is 132 Å². The summed E-state index contributed by atoms with van der Waals surface area (Å²) in [5.74, 6) is 9.59. The zero-order valence-corrected chi connectivity index (χ0v) is 56.6. The average molecular weight is 1290 g/mol. The van der Waals surface area contributed by atoms with Crippen LogP contribution in [0.25, 0.3) is 0 Å². The van der Waals surface area contributed by atoms with Gasteiger partial charge in [-0.15, -0.1) is 37.0 Å². The van der Waals surface area contributed by atoms with Crippen molar-refractivity contribution in [2.24, 2.45) is 0 Å². The first-order valence-electron chi connectivity index (χ1n) is 28.5. The minimum atomic E-state index is -0.581. The van der Waals surface area contributed by atoms with Crippen LogP contribution in [0.15, 0.2) is 256 Å². The van der Waals surface area contributed by atoms with Gasteiger partial charge in [0.2, 0.25) is 0 Å². The summed E-state index contributed by atoms with van der Waals surface area (Å²) in [5.41, 5.74) is 4.50. The lowest BCUT2D eigenvalue weighted by atomic mass is 9.78. The van der Waals surface area contributed by atoms with E-state index in [0.717, 1.165) is 52.3 Å². The minimum Gasteiger partial charge on any atom is -0.423 e. The van der Waals surface area contributed by atoms with Crippen LogP contribution in [0.3, 0.4) is 0 Å². The van der Waals surface area contributed by atoms with Gasteiger partial charge in [0.05, 0.1) is 0 Å². The lowest BCUT2D eigenvalue weighted by Gasteiger charge is -2.26. The second-order valence-corrected chi connectivity index (χ2v) is 26.7. The van der Waals surface area contributed by atoms with Crippen LogP contribution in [0.1, 0.15) is 104 Å². The molecule has 0 radical (unpaired) electrons. The highest BCUT2D eigenvalue weighted by atomic mass is 32.2. The number of hydrogen-bond acceptors (Lipinski definition) is 14. The van der Waals surface area contributed by atoms with Gasteiger partial charge in [-0.25, -0.2) is 19.2 Å². The van der Waals surface area contributed by atoms with Gasteiger partial charge in [0, 0.05) is 74.0 Å². The predicted octanol–water partition coefficient (Wildman–Crippen LogP) is 19.8. The van der Waals surface area contributed by atoms with Crippen molar-refractivity contribution < 1.29 is 38.1 Å². The van der Waals surface area contributed by atoms with Gasteiger partial charge in [-0.1, -0.05) is 148 Å². The van der Waals surface area contributed by atoms with E-state index < -0.39 is 17.9 Å². The first-order valence-corrected chi connectivity index (χ1v) is 33.0. The second-order valence-electron chi connectivity index (χ2n) is 21.2. The molecule has 14 heteroatoms. The van der Waals surface area contributed by atoms with Crippen molar-refractivity contribution in [1.82, 2.24) is 0 Å². The molecule has 0 N–H and O–H groups in total. The van der Waals surface area contributed by atoms with E-state index in [1.807, 2.05) is 106 Å². The van der Waals surface area contributed by atoms with Crippen LogP contribution in [0, 0.1) is 23.7 Å². The summed E-state index contributed by atoms with van der Waals surface area (Å²) in [7, 11) is 0. The number of allylic oxidation sites excluding steroid dienone is 2. The maximum atomic E-state index is 12.6. The standard InChI is InChI=1S/C37H36O4S3.C23H20O4.C12H10S3.C3H6/c1-25(2)23-35(38)40-29-11-7-27(8-12-29)37(4,5)28-9-13-30(14-10-28)41-36(39)24-26(3)43-32-19-21-34(22-20-32)44-33-17-15-31(42-6)16-18-33;1-5-7-21(24)26-19-13-9-17(10-14-19)23(3,4)18-11-15-20(16-12-18)27-22(25)8-6-2;13-9-1-5-11(6-2-9)15-12-7-3-10(14)4-8-12;1-2-3-1/h7-24H,1-6H3;9-16H,1-4H3;1-8,13-14H;1-3H2. The molecule has 0 saturated heterocycles. The molecule has 1 saturated carbocycles. The zero-order valence-electron chi connectivity index (χ0n) is 51.5. The highest BCUT2D eigenvalue weighted by molar-refractivity contribution is 8.03. The Hall–Kier alpha value is -7.66. The molecule has 0 amide bonds. The maximum absolute atomic E-state index is 12.6. The molecule has 456 valence electrons. The molecule has 8 aromatic carbocycles. The number of carbonyl (C=O) groups is 4. The Morgan fingerprint density at radius 1 is 0.404 bits per heavy atom. The average Bonchev–Trinajstić information content (AvgIpc) is 2.07. The SMILES string of the molecule is C1CC1.CC#CC(=O)Oc1ccc(C(C)(C)c2ccc(OC(=O)C#CC)cc2)cc1.CSc1ccc(Sc2ccc(SC(C)=CC(=O)Oc3ccc(C(C)(C)c4ccc(OC(=O)C=C(C)C)cc4)cc3)cc2)cc1.Sc1ccc(Sc2ccc(S)cc2)cc1. The Morgan fingerprint density at radius 3 is 0.978 bits per heavy atom. The van der Waals surface area contributed by atoms with Crippen molar-refractivity contribution >= 4 is 96.2 Å². The lowest BCUT2D eigenvalue weighted by molar-refractivity contribution is -0.129. The van der Waals surface area contributed by atoms with Crippen molar-refractivity contribution in [2.75, 3.05) is 6.26 Å². The Labute approximate surface area is 553 Å². The molecular weight excluding hydrogens is 1220 g/mol. The lowest BCUT2D eigenvalue weighted by Crippen LogP contribution is -2.19. The second kappa shape index (κ2) is 35.5. The number of hydrogen-bond donors (Lipinski definition) is 2. The van der Waals surface area contributed by atoms with Crippen LogP contribution in [-0.2, 0) is 30.0 Å². The molecule has 8 aromatic rings. The molecule has 0 aliphatic heterocycles. The molecule has 1 aliphatic rings. The van der Waals surface area contributed by atoms with Gasteiger partial charge in [-0.2, -0.15) is 0 Å². The van der Waals surface area contributed by atoms with Crippen LogP contribution in [0.5, 0.6) is 23.0 Å². The third kappa shape index (κ3) is 24.7. The first-order chi connectivity index (χ1) is 42.6. The first kappa shape index (κ1) is 70.4. The number of carbonyl (C=O) groups excluding carboxylic acids is 4. The highest BCUT2D eigenvalue weighted by Crippen LogP contribution is 2.37. The summed E-state index contributed by atoms with van der Waals surface area (Å²) in [6.45, 7) is 17.2. The molecule has 0 bridgehead atoms. The van der Waals surface area contributed by atoms with Crippen molar-refractivity contribution in [3.8, 4) is 46.7 Å². The van der Waals surface area contributed by atoms with Gasteiger partial charge in [-0.05, 0) is 214 Å². The van der Waals surface area contributed by atoms with Crippen LogP contribution in [0.4, 0.5) is 0 Å². The highest BCUT2D eigenvalue weighted by Gasteiger charge is 2.25. The van der Waals surface area contributed by atoms with E-state index in [-0.39, 0.29) is 16.8 Å². The van der Waals surface area contributed by atoms with Crippen LogP contribution in [-0.4, -0.2) is 30.1 Å². The largest absolute Gasteiger partial charge is 0.423 e. The molecule has 1 fully saturated rings. The van der Waals surface area contributed by atoms with Crippen LogP contribution < -0.4 is 18.9 Å². The third-order valence-corrected chi connectivity index (χ3v) is 17.3. The van der Waals surface area contributed by atoms with Crippen molar-refractivity contribution in [1.29, 1.82) is 0 Å². The van der Waals surface area contributed by atoms with E-state index in [0.29, 0.717) is 23.0 Å². The third-order valence-electron chi connectivity index (χ3n) is 13.0. The van der Waals surface area contributed by atoms with Gasteiger partial charge < -0.3 is 18.9 Å². The molecule has 1 aliphatic carbocycles. The quantitative estimate of drug-likeness (QED) is 0.0173. The van der Waals surface area contributed by atoms with E-state index in [2.05, 4.69) is 156 Å². The van der Waals surface area contributed by atoms with E-state index in [1.54, 1.807) is 85.5 Å². The molecule has 8 nitrogen and oxygen atoms in total.